The molecule has 4 nitrogen and oxygen atoms in total. The molecule has 1 heterocycles. The van der Waals surface area contributed by atoms with E-state index in [1.54, 1.807) is 7.11 Å². The number of amides is 1. The van der Waals surface area contributed by atoms with Crippen LogP contribution in [-0.2, 0) is 19.6 Å². The van der Waals surface area contributed by atoms with Crippen molar-refractivity contribution in [1.29, 1.82) is 0 Å². The molecule has 0 aliphatic carbocycles. The predicted octanol–water partition coefficient (Wildman–Crippen LogP) is 5.70. The minimum absolute atomic E-state index is 0.000137. The van der Waals surface area contributed by atoms with Crippen LogP contribution < -0.4 is 4.74 Å². The zero-order valence-corrected chi connectivity index (χ0v) is 18.6. The Morgan fingerprint density at radius 1 is 0.844 bits per heavy atom. The number of methoxy groups -OCH3 is 1. The minimum Gasteiger partial charge on any atom is -0.497 e. The van der Waals surface area contributed by atoms with Gasteiger partial charge in [-0.1, -0.05) is 54.6 Å². The maximum atomic E-state index is 13.5. The molecule has 0 spiro atoms. The normalized spacial score (nSPS) is 10.7. The van der Waals surface area contributed by atoms with E-state index in [1.807, 2.05) is 53.4 Å². The molecule has 0 aliphatic rings. The van der Waals surface area contributed by atoms with Gasteiger partial charge in [0, 0.05) is 30.5 Å². The van der Waals surface area contributed by atoms with Crippen LogP contribution in [0.2, 0.25) is 0 Å². The molecule has 1 aromatic heterocycles. The molecule has 4 heteroatoms. The van der Waals surface area contributed by atoms with Gasteiger partial charge in [0.1, 0.15) is 5.75 Å². The van der Waals surface area contributed by atoms with Gasteiger partial charge in [0.2, 0.25) is 0 Å². The number of carbonyl (C=O) groups excluding carboxylic acids is 1. The van der Waals surface area contributed by atoms with E-state index in [9.17, 15) is 4.79 Å². The topological polar surface area (TPSA) is 34.5 Å². The molecular formula is C28H28N2O2. The molecule has 0 fully saturated rings. The van der Waals surface area contributed by atoms with Gasteiger partial charge in [-0.3, -0.25) is 4.79 Å². The second-order valence-corrected chi connectivity index (χ2v) is 7.93. The third kappa shape index (κ3) is 5.09. The first kappa shape index (κ1) is 21.4. The maximum absolute atomic E-state index is 13.5. The highest BCUT2D eigenvalue weighted by atomic mass is 16.5. The molecule has 0 atom stereocenters. The molecule has 0 radical (unpaired) electrons. The molecule has 3 aromatic carbocycles. The Kier molecular flexibility index (Phi) is 6.71. The summed E-state index contributed by atoms with van der Waals surface area (Å²) in [5.74, 6) is 0.739. The molecule has 0 unspecified atom stereocenters. The summed E-state index contributed by atoms with van der Waals surface area (Å²) in [5, 5.41) is 0. The van der Waals surface area contributed by atoms with Gasteiger partial charge < -0.3 is 14.2 Å². The van der Waals surface area contributed by atoms with E-state index in [-0.39, 0.29) is 5.91 Å². The van der Waals surface area contributed by atoms with Crippen LogP contribution in [0.1, 0.15) is 32.7 Å². The molecule has 162 valence electrons. The van der Waals surface area contributed by atoms with E-state index in [0.29, 0.717) is 18.7 Å². The van der Waals surface area contributed by atoms with Gasteiger partial charge in [0.25, 0.3) is 5.91 Å². The number of aryl methyl sites for hydroxylation is 1. The van der Waals surface area contributed by atoms with Crippen LogP contribution in [0, 0.1) is 6.92 Å². The Labute approximate surface area is 189 Å². The third-order valence-corrected chi connectivity index (χ3v) is 5.72. The lowest BCUT2D eigenvalue weighted by Gasteiger charge is -2.24. The fourth-order valence-corrected chi connectivity index (χ4v) is 3.83. The molecule has 32 heavy (non-hydrogen) atoms. The van der Waals surface area contributed by atoms with Crippen LogP contribution in [0.3, 0.4) is 0 Å². The van der Waals surface area contributed by atoms with Crippen molar-refractivity contribution in [2.24, 2.45) is 0 Å². The molecule has 0 bridgehead atoms. The number of rotatable bonds is 8. The molecule has 4 rings (SSSR count). The van der Waals surface area contributed by atoms with Crippen molar-refractivity contribution >= 4 is 5.91 Å². The van der Waals surface area contributed by atoms with E-state index >= 15 is 0 Å². The van der Waals surface area contributed by atoms with Gasteiger partial charge in [-0.25, -0.2) is 0 Å². The maximum Gasteiger partial charge on any atom is 0.254 e. The Balaban J connectivity index is 1.60. The number of hydrogen-bond acceptors (Lipinski definition) is 2. The van der Waals surface area contributed by atoms with E-state index in [4.69, 9.17) is 4.74 Å². The summed E-state index contributed by atoms with van der Waals surface area (Å²) in [7, 11) is 1.63. The van der Waals surface area contributed by atoms with Gasteiger partial charge in [0.05, 0.1) is 13.7 Å². The van der Waals surface area contributed by atoms with Crippen LogP contribution in [0.15, 0.2) is 97.2 Å². The second-order valence-electron chi connectivity index (χ2n) is 7.93. The van der Waals surface area contributed by atoms with Crippen LogP contribution in [0.5, 0.6) is 5.75 Å². The van der Waals surface area contributed by atoms with Gasteiger partial charge in [-0.2, -0.15) is 0 Å². The summed E-state index contributed by atoms with van der Waals surface area (Å²) in [6, 6.07) is 30.0. The summed E-state index contributed by atoms with van der Waals surface area (Å²) in [6.07, 6.45) is 2.08. The van der Waals surface area contributed by atoms with Crippen LogP contribution in [0.4, 0.5) is 0 Å². The smallest absolute Gasteiger partial charge is 0.254 e. The Hall–Kier alpha value is -3.79. The number of hydrogen-bond donors (Lipinski definition) is 0. The zero-order chi connectivity index (χ0) is 22.3. The Bertz CT molecular complexity index is 1160. The first-order valence-corrected chi connectivity index (χ1v) is 10.8. The van der Waals surface area contributed by atoms with Gasteiger partial charge in [0.15, 0.2) is 0 Å². The predicted molar refractivity (Wildman–Crippen MR) is 128 cm³/mol. The van der Waals surface area contributed by atoms with Gasteiger partial charge in [-0.05, 0) is 60.0 Å². The molecule has 0 aliphatic heterocycles. The van der Waals surface area contributed by atoms with Crippen molar-refractivity contribution < 1.29 is 9.53 Å². The average molecular weight is 425 g/mol. The third-order valence-electron chi connectivity index (χ3n) is 5.72. The monoisotopic (exact) mass is 424 g/mol. The fraction of sp³-hybridized carbons (Fsp3) is 0.179. The van der Waals surface area contributed by atoms with Crippen molar-refractivity contribution in [3.05, 3.63) is 125 Å². The number of aromatic nitrogens is 1. The summed E-state index contributed by atoms with van der Waals surface area (Å²) in [6.45, 7) is 3.98. The van der Waals surface area contributed by atoms with Gasteiger partial charge in [-0.15, -0.1) is 0 Å². The lowest BCUT2D eigenvalue weighted by Crippen LogP contribution is -2.31. The van der Waals surface area contributed by atoms with Crippen LogP contribution in [-0.4, -0.2) is 22.5 Å². The summed E-state index contributed by atoms with van der Waals surface area (Å²) in [5.41, 5.74) is 5.40. The second kappa shape index (κ2) is 10.0. The highest BCUT2D eigenvalue weighted by Gasteiger charge is 2.18. The van der Waals surface area contributed by atoms with Crippen LogP contribution in [0.25, 0.3) is 0 Å². The van der Waals surface area contributed by atoms with E-state index in [1.165, 1.54) is 11.1 Å². The molecular weight excluding hydrogens is 396 g/mol. The lowest BCUT2D eigenvalue weighted by atomic mass is 10.1. The molecule has 0 N–H and O–H groups in total. The zero-order valence-electron chi connectivity index (χ0n) is 18.6. The van der Waals surface area contributed by atoms with Gasteiger partial charge >= 0.3 is 0 Å². The Morgan fingerprint density at radius 3 is 2.28 bits per heavy atom. The number of ether oxygens (including phenoxy) is 1. The van der Waals surface area contributed by atoms with Crippen molar-refractivity contribution in [1.82, 2.24) is 9.47 Å². The standard InChI is InChI=1S/C28H28N2O2/c1-22-9-6-7-12-25(22)20-29-18-8-13-26(29)21-30(19-23-10-4-3-5-11-23)28(31)24-14-16-27(32-2)17-15-24/h3-18H,19-21H2,1-2H3. The number of carbonyl (C=O) groups is 1. The van der Waals surface area contributed by atoms with Crippen molar-refractivity contribution in [2.75, 3.05) is 7.11 Å². The molecule has 0 saturated carbocycles. The largest absolute Gasteiger partial charge is 0.497 e. The minimum atomic E-state index is 0.000137. The highest BCUT2D eigenvalue weighted by molar-refractivity contribution is 5.94. The Morgan fingerprint density at radius 2 is 1.56 bits per heavy atom. The van der Waals surface area contributed by atoms with E-state index in [0.717, 1.165) is 23.6 Å². The first-order chi connectivity index (χ1) is 15.6. The lowest BCUT2D eigenvalue weighted by molar-refractivity contribution is 0.0726. The SMILES string of the molecule is COc1ccc(C(=O)N(Cc2ccccc2)Cc2cccn2Cc2ccccc2C)cc1. The van der Waals surface area contributed by atoms with Crippen molar-refractivity contribution in [3.8, 4) is 5.75 Å². The average Bonchev–Trinajstić information content (AvgIpc) is 3.27. The van der Waals surface area contributed by atoms with E-state index < -0.39 is 0 Å². The molecule has 4 aromatic rings. The summed E-state index contributed by atoms with van der Waals surface area (Å²) >= 11 is 0. The van der Waals surface area contributed by atoms with E-state index in [2.05, 4.69) is 60.2 Å². The highest BCUT2D eigenvalue weighted by Crippen LogP contribution is 2.19. The summed E-state index contributed by atoms with van der Waals surface area (Å²) < 4.78 is 7.47. The van der Waals surface area contributed by atoms with Crippen LogP contribution >= 0.6 is 0 Å². The fourth-order valence-electron chi connectivity index (χ4n) is 3.83. The van der Waals surface area contributed by atoms with Crippen molar-refractivity contribution in [2.45, 2.75) is 26.6 Å². The molecule has 1 amide bonds. The summed E-state index contributed by atoms with van der Waals surface area (Å²) in [4.78, 5) is 15.4. The molecule has 0 saturated heterocycles. The number of benzene rings is 3. The quantitative estimate of drug-likeness (QED) is 0.364. The number of nitrogens with zero attached hydrogens (tertiary/aromatic N) is 2. The van der Waals surface area contributed by atoms with Crippen molar-refractivity contribution in [3.63, 3.8) is 0 Å². The first-order valence-electron chi connectivity index (χ1n) is 10.8.